The molecular formula is C19H25NO4S. The Morgan fingerprint density at radius 2 is 1.76 bits per heavy atom. The highest BCUT2D eigenvalue weighted by Crippen LogP contribution is 2.60. The third-order valence-electron chi connectivity index (χ3n) is 7.35. The van der Waals surface area contributed by atoms with Crippen LogP contribution in [0.15, 0.2) is 0 Å². The van der Waals surface area contributed by atoms with Crippen LogP contribution < -0.4 is 0 Å². The van der Waals surface area contributed by atoms with E-state index >= 15 is 0 Å². The largest absolute Gasteiger partial charge is 0.455 e. The molecule has 4 bridgehead atoms. The van der Waals surface area contributed by atoms with Crippen LogP contribution in [0.25, 0.3) is 0 Å². The molecule has 2 aliphatic heterocycles. The molecule has 136 valence electrons. The first kappa shape index (κ1) is 16.2. The number of carbonyl (C=O) groups is 3. The van der Waals surface area contributed by atoms with E-state index in [0.717, 1.165) is 25.0 Å². The first-order chi connectivity index (χ1) is 12.0. The number of Topliss-reactive ketones (excluding diaryl/α,β-unsaturated/α-hetero) is 1. The molecule has 6 heteroatoms. The van der Waals surface area contributed by atoms with Crippen LogP contribution in [-0.2, 0) is 19.1 Å². The molecule has 0 spiro atoms. The second-order valence-electron chi connectivity index (χ2n) is 8.88. The van der Waals surface area contributed by atoms with Gasteiger partial charge in [-0.05, 0) is 62.7 Å². The zero-order chi connectivity index (χ0) is 17.2. The lowest BCUT2D eigenvalue weighted by molar-refractivity contribution is -0.162. The van der Waals surface area contributed by atoms with Gasteiger partial charge in [-0.25, -0.2) is 4.79 Å². The number of hydrogen-bond acceptors (Lipinski definition) is 5. The summed E-state index contributed by atoms with van der Waals surface area (Å²) >= 11 is 1.50. The summed E-state index contributed by atoms with van der Waals surface area (Å²) in [4.78, 5) is 38.5. The van der Waals surface area contributed by atoms with Crippen LogP contribution in [0.2, 0.25) is 0 Å². The molecule has 4 saturated carbocycles. The minimum absolute atomic E-state index is 0.0364. The van der Waals surface area contributed by atoms with Gasteiger partial charge in [0, 0.05) is 24.1 Å². The molecule has 4 aliphatic carbocycles. The smallest absolute Gasteiger partial charge is 0.343 e. The number of ketones is 1. The highest BCUT2D eigenvalue weighted by Gasteiger charge is 2.57. The molecule has 1 atom stereocenters. The van der Waals surface area contributed by atoms with Crippen molar-refractivity contribution in [3.63, 3.8) is 0 Å². The molecule has 2 heterocycles. The number of hydrogen-bond donors (Lipinski definition) is 0. The predicted octanol–water partition coefficient (Wildman–Crippen LogP) is 2.38. The van der Waals surface area contributed by atoms with Crippen molar-refractivity contribution in [3.8, 4) is 0 Å². The van der Waals surface area contributed by atoms with E-state index in [1.165, 1.54) is 31.0 Å². The van der Waals surface area contributed by atoms with Gasteiger partial charge in [-0.1, -0.05) is 0 Å². The molecular weight excluding hydrogens is 338 g/mol. The van der Waals surface area contributed by atoms with Gasteiger partial charge in [-0.3, -0.25) is 9.59 Å². The fourth-order valence-electron chi connectivity index (χ4n) is 6.63. The molecule has 5 nitrogen and oxygen atoms in total. The summed E-state index contributed by atoms with van der Waals surface area (Å²) in [5.41, 5.74) is -0.222. The molecule has 2 saturated heterocycles. The number of esters is 1. The summed E-state index contributed by atoms with van der Waals surface area (Å²) in [5.74, 6) is 2.68. The van der Waals surface area contributed by atoms with Crippen molar-refractivity contribution in [2.24, 2.45) is 23.2 Å². The average molecular weight is 363 g/mol. The monoisotopic (exact) mass is 363 g/mol. The topological polar surface area (TPSA) is 63.7 Å². The summed E-state index contributed by atoms with van der Waals surface area (Å²) in [6.07, 6.45) is 7.81. The SMILES string of the molecule is O=C1CC[C@@]2(C(=O)OCC(=O)C34CC5CC(CC(C5)C3)C4)SCCN12. The maximum atomic E-state index is 13.0. The lowest BCUT2D eigenvalue weighted by atomic mass is 9.48. The Kier molecular flexibility index (Phi) is 3.54. The number of nitrogens with zero attached hydrogens (tertiary/aromatic N) is 1. The standard InChI is InChI=1S/C19H25NO4S/c21-15(18-8-12-5-13(9-18)7-14(6-12)10-18)11-24-17(23)19-2-1-16(22)20(19)3-4-25-19/h12-14H,1-11H2/t12?,13?,14?,18?,19-/m0/s1. The Balaban J connectivity index is 1.27. The van der Waals surface area contributed by atoms with Crippen LogP contribution in [-0.4, -0.2) is 46.3 Å². The number of ether oxygens (including phenoxy) is 1. The van der Waals surface area contributed by atoms with Crippen molar-refractivity contribution < 1.29 is 19.1 Å². The van der Waals surface area contributed by atoms with Gasteiger partial charge >= 0.3 is 5.97 Å². The highest BCUT2D eigenvalue weighted by molar-refractivity contribution is 8.01. The van der Waals surface area contributed by atoms with Gasteiger partial charge in [0.25, 0.3) is 0 Å². The van der Waals surface area contributed by atoms with Crippen LogP contribution >= 0.6 is 11.8 Å². The predicted molar refractivity (Wildman–Crippen MR) is 92.7 cm³/mol. The fourth-order valence-corrected chi connectivity index (χ4v) is 8.01. The Bertz CT molecular complexity index is 612. The first-order valence-electron chi connectivity index (χ1n) is 9.66. The third-order valence-corrected chi connectivity index (χ3v) is 8.81. The van der Waals surface area contributed by atoms with Crippen molar-refractivity contribution in [3.05, 3.63) is 0 Å². The molecule has 0 unspecified atom stereocenters. The van der Waals surface area contributed by atoms with Crippen molar-refractivity contribution in [2.75, 3.05) is 18.9 Å². The number of fused-ring (bicyclic) bond motifs is 1. The van der Waals surface area contributed by atoms with Gasteiger partial charge in [-0.2, -0.15) is 0 Å². The van der Waals surface area contributed by atoms with Crippen LogP contribution in [0, 0.1) is 23.2 Å². The van der Waals surface area contributed by atoms with E-state index in [1.54, 1.807) is 4.90 Å². The van der Waals surface area contributed by atoms with Gasteiger partial charge in [0.1, 0.15) is 0 Å². The zero-order valence-corrected chi connectivity index (χ0v) is 15.3. The Morgan fingerprint density at radius 3 is 2.40 bits per heavy atom. The molecule has 1 amide bonds. The quantitative estimate of drug-likeness (QED) is 0.718. The Hall–Kier alpha value is -1.04. The summed E-state index contributed by atoms with van der Waals surface area (Å²) in [6, 6.07) is 0. The number of thioether (sulfide) groups is 1. The molecule has 25 heavy (non-hydrogen) atoms. The van der Waals surface area contributed by atoms with Crippen molar-refractivity contribution in [2.45, 2.75) is 56.2 Å². The van der Waals surface area contributed by atoms with Crippen molar-refractivity contribution in [1.82, 2.24) is 4.90 Å². The summed E-state index contributed by atoms with van der Waals surface area (Å²) in [6.45, 7) is 0.511. The maximum Gasteiger partial charge on any atom is 0.343 e. The molecule has 0 aromatic heterocycles. The van der Waals surface area contributed by atoms with Crippen LogP contribution in [0.5, 0.6) is 0 Å². The van der Waals surface area contributed by atoms with E-state index in [1.807, 2.05) is 0 Å². The highest BCUT2D eigenvalue weighted by atomic mass is 32.2. The zero-order valence-electron chi connectivity index (χ0n) is 14.5. The van der Waals surface area contributed by atoms with E-state index in [4.69, 9.17) is 4.74 Å². The van der Waals surface area contributed by atoms with E-state index in [-0.39, 0.29) is 29.7 Å². The van der Waals surface area contributed by atoms with Crippen LogP contribution in [0.3, 0.4) is 0 Å². The number of carbonyl (C=O) groups excluding carboxylic acids is 3. The van der Waals surface area contributed by atoms with Crippen molar-refractivity contribution >= 4 is 29.4 Å². The lowest BCUT2D eigenvalue weighted by Gasteiger charge is -2.55. The molecule has 0 aromatic rings. The summed E-state index contributed by atoms with van der Waals surface area (Å²) in [5, 5.41) is 0. The second kappa shape index (κ2) is 5.48. The fraction of sp³-hybridized carbons (Fsp3) is 0.842. The maximum absolute atomic E-state index is 13.0. The third kappa shape index (κ3) is 2.32. The molecule has 6 rings (SSSR count). The van der Waals surface area contributed by atoms with Crippen molar-refractivity contribution in [1.29, 1.82) is 0 Å². The Labute approximate surface area is 152 Å². The molecule has 0 radical (unpaired) electrons. The molecule has 6 fully saturated rings. The molecule has 0 N–H and O–H groups in total. The van der Waals surface area contributed by atoms with Gasteiger partial charge < -0.3 is 9.64 Å². The summed E-state index contributed by atoms with van der Waals surface area (Å²) in [7, 11) is 0. The van der Waals surface area contributed by atoms with E-state index < -0.39 is 4.87 Å². The van der Waals surface area contributed by atoms with Gasteiger partial charge in [0.2, 0.25) is 5.91 Å². The second-order valence-corrected chi connectivity index (χ2v) is 10.2. The van der Waals surface area contributed by atoms with E-state index in [2.05, 4.69) is 0 Å². The van der Waals surface area contributed by atoms with Gasteiger partial charge in [0.05, 0.1) is 0 Å². The van der Waals surface area contributed by atoms with Crippen LogP contribution in [0.4, 0.5) is 0 Å². The van der Waals surface area contributed by atoms with E-state index in [0.29, 0.717) is 37.1 Å². The van der Waals surface area contributed by atoms with Crippen LogP contribution in [0.1, 0.15) is 51.4 Å². The van der Waals surface area contributed by atoms with E-state index in [9.17, 15) is 14.4 Å². The molecule has 0 aromatic carbocycles. The summed E-state index contributed by atoms with van der Waals surface area (Å²) < 4.78 is 5.53. The minimum atomic E-state index is -0.848. The van der Waals surface area contributed by atoms with Gasteiger partial charge in [-0.15, -0.1) is 11.8 Å². The average Bonchev–Trinajstić information content (AvgIpc) is 3.13. The first-order valence-corrected chi connectivity index (χ1v) is 10.6. The minimum Gasteiger partial charge on any atom is -0.455 e. The lowest BCUT2D eigenvalue weighted by Crippen LogP contribution is -2.52. The number of rotatable bonds is 4. The number of amides is 1. The Morgan fingerprint density at radius 1 is 1.12 bits per heavy atom. The van der Waals surface area contributed by atoms with Gasteiger partial charge in [0.15, 0.2) is 17.3 Å². The molecule has 6 aliphatic rings. The normalized spacial score (nSPS) is 44.2.